The van der Waals surface area contributed by atoms with Gasteiger partial charge in [0.25, 0.3) is 5.69 Å². The molecule has 9 nitrogen and oxygen atoms in total. The first kappa shape index (κ1) is 20.9. The Labute approximate surface area is 172 Å². The summed E-state index contributed by atoms with van der Waals surface area (Å²) in [6.07, 6.45) is 1.34. The highest BCUT2D eigenvalue weighted by atomic mass is 32.1. The zero-order valence-electron chi connectivity index (χ0n) is 16.3. The maximum Gasteiger partial charge on any atom is 0.269 e. The van der Waals surface area contributed by atoms with E-state index in [0.717, 1.165) is 5.69 Å². The molecule has 1 aromatic heterocycles. The summed E-state index contributed by atoms with van der Waals surface area (Å²) in [5.74, 6) is -0.303. The van der Waals surface area contributed by atoms with Gasteiger partial charge in [0.2, 0.25) is 11.8 Å². The fourth-order valence-corrected chi connectivity index (χ4v) is 3.94. The van der Waals surface area contributed by atoms with E-state index in [1.807, 2.05) is 24.1 Å². The third-order valence-electron chi connectivity index (χ3n) is 5.02. The molecule has 3 rings (SSSR count). The molecule has 1 saturated heterocycles. The van der Waals surface area contributed by atoms with E-state index in [0.29, 0.717) is 36.8 Å². The zero-order chi connectivity index (χ0) is 21.0. The summed E-state index contributed by atoms with van der Waals surface area (Å²) < 4.78 is 0. The lowest BCUT2D eigenvalue weighted by molar-refractivity contribution is -0.384. The monoisotopic (exact) mass is 417 g/mol. The molecule has 1 aliphatic heterocycles. The number of nitrogens with zero attached hydrogens (tertiary/aromatic N) is 3. The summed E-state index contributed by atoms with van der Waals surface area (Å²) >= 11 is 1.41. The van der Waals surface area contributed by atoms with Crippen molar-refractivity contribution in [1.82, 2.24) is 9.88 Å². The number of likely N-dealkylation sites (tertiary alicyclic amines) is 1. The van der Waals surface area contributed by atoms with Crippen LogP contribution in [0.5, 0.6) is 0 Å². The molecule has 1 fully saturated rings. The molecule has 1 aromatic carbocycles. The van der Waals surface area contributed by atoms with Crippen LogP contribution in [0.4, 0.5) is 16.5 Å². The Morgan fingerprint density at radius 1 is 1.24 bits per heavy atom. The first-order valence-corrected chi connectivity index (χ1v) is 10.2. The Balaban J connectivity index is 1.48. The van der Waals surface area contributed by atoms with Crippen molar-refractivity contribution in [2.45, 2.75) is 32.7 Å². The molecule has 29 heavy (non-hydrogen) atoms. The molecule has 1 aliphatic rings. The highest BCUT2D eigenvalue weighted by Gasteiger charge is 2.30. The Morgan fingerprint density at radius 2 is 1.90 bits per heavy atom. The number of thiazole rings is 1. The normalized spacial score (nSPS) is 16.2. The zero-order valence-corrected chi connectivity index (χ0v) is 17.1. The number of aromatic nitrogens is 1. The van der Waals surface area contributed by atoms with Crippen molar-refractivity contribution < 1.29 is 14.5 Å². The summed E-state index contributed by atoms with van der Waals surface area (Å²) in [6.45, 7) is 4.99. The van der Waals surface area contributed by atoms with Crippen molar-refractivity contribution >= 4 is 39.7 Å². The van der Waals surface area contributed by atoms with Crippen LogP contribution in [-0.2, 0) is 9.59 Å². The van der Waals surface area contributed by atoms with Gasteiger partial charge in [-0.2, -0.15) is 0 Å². The number of nitro benzene ring substituents is 1. The minimum Gasteiger partial charge on any atom is -0.325 e. The van der Waals surface area contributed by atoms with Crippen molar-refractivity contribution in [3.63, 3.8) is 0 Å². The molecule has 154 valence electrons. The Kier molecular flexibility index (Phi) is 6.55. The number of amides is 2. The molecule has 2 aromatic rings. The number of hydrogen-bond donors (Lipinski definition) is 2. The molecule has 1 unspecified atom stereocenters. The number of carbonyl (C=O) groups excluding carboxylic acids is 2. The van der Waals surface area contributed by atoms with E-state index in [1.54, 1.807) is 0 Å². The number of carbonyl (C=O) groups is 2. The number of rotatable bonds is 6. The first-order chi connectivity index (χ1) is 13.8. The van der Waals surface area contributed by atoms with Gasteiger partial charge >= 0.3 is 0 Å². The van der Waals surface area contributed by atoms with Gasteiger partial charge in [0.15, 0.2) is 5.13 Å². The van der Waals surface area contributed by atoms with Crippen molar-refractivity contribution in [3.05, 3.63) is 45.5 Å². The number of nitro groups is 1. The van der Waals surface area contributed by atoms with Crippen molar-refractivity contribution in [3.8, 4) is 0 Å². The van der Waals surface area contributed by atoms with E-state index >= 15 is 0 Å². The van der Waals surface area contributed by atoms with Gasteiger partial charge in [0.1, 0.15) is 0 Å². The van der Waals surface area contributed by atoms with Crippen LogP contribution in [0.25, 0.3) is 0 Å². The summed E-state index contributed by atoms with van der Waals surface area (Å²) in [6, 6.07) is 5.37. The van der Waals surface area contributed by atoms with Gasteiger partial charge in [0.05, 0.1) is 16.7 Å². The third kappa shape index (κ3) is 5.36. The molecule has 10 heteroatoms. The van der Waals surface area contributed by atoms with Crippen LogP contribution in [0.15, 0.2) is 29.6 Å². The topological polar surface area (TPSA) is 117 Å². The average molecular weight is 417 g/mol. The van der Waals surface area contributed by atoms with Crippen LogP contribution in [0.1, 0.15) is 25.5 Å². The standard InChI is InChI=1S/C19H23N5O4S/c1-12-11-29-19(20-12)22-18(26)14-7-9-23(10-8-14)13(2)17(25)21-15-3-5-16(6-4-15)24(27)28/h3-6,11,13-14H,7-10H2,1-2H3,(H,21,25)(H,20,22,26). The molecule has 2 amide bonds. The molecule has 0 radical (unpaired) electrons. The van der Waals surface area contributed by atoms with E-state index in [-0.39, 0.29) is 29.5 Å². The average Bonchev–Trinajstić information content (AvgIpc) is 3.12. The smallest absolute Gasteiger partial charge is 0.269 e. The van der Waals surface area contributed by atoms with Crippen LogP contribution in [-0.4, -0.2) is 45.8 Å². The number of hydrogen-bond acceptors (Lipinski definition) is 7. The number of nitrogens with one attached hydrogen (secondary N) is 2. The second kappa shape index (κ2) is 9.10. The third-order valence-corrected chi connectivity index (χ3v) is 5.90. The van der Waals surface area contributed by atoms with Gasteiger partial charge in [-0.05, 0) is 51.9 Å². The highest BCUT2D eigenvalue weighted by molar-refractivity contribution is 7.13. The predicted octanol–water partition coefficient (Wildman–Crippen LogP) is 3.04. The van der Waals surface area contributed by atoms with Crippen LogP contribution in [0.2, 0.25) is 0 Å². The predicted molar refractivity (Wildman–Crippen MR) is 111 cm³/mol. The number of piperidine rings is 1. The minimum absolute atomic E-state index is 0.0238. The molecule has 0 aliphatic carbocycles. The van der Waals surface area contributed by atoms with E-state index in [4.69, 9.17) is 0 Å². The van der Waals surface area contributed by atoms with Crippen LogP contribution >= 0.6 is 11.3 Å². The van der Waals surface area contributed by atoms with E-state index < -0.39 is 4.92 Å². The summed E-state index contributed by atoms with van der Waals surface area (Å²) in [5, 5.41) is 18.9. The molecule has 0 spiro atoms. The minimum atomic E-state index is -0.482. The Hall–Kier alpha value is -2.85. The maximum absolute atomic E-state index is 12.5. The van der Waals surface area contributed by atoms with Gasteiger partial charge in [-0.25, -0.2) is 4.98 Å². The molecular formula is C19H23N5O4S. The van der Waals surface area contributed by atoms with Gasteiger partial charge < -0.3 is 10.6 Å². The first-order valence-electron chi connectivity index (χ1n) is 9.36. The summed E-state index contributed by atoms with van der Waals surface area (Å²) in [5.41, 5.74) is 1.37. The molecular weight excluding hydrogens is 394 g/mol. The highest BCUT2D eigenvalue weighted by Crippen LogP contribution is 2.23. The van der Waals surface area contributed by atoms with Crippen molar-refractivity contribution in [2.75, 3.05) is 23.7 Å². The second-order valence-corrected chi connectivity index (χ2v) is 7.92. The van der Waals surface area contributed by atoms with E-state index in [1.165, 1.54) is 35.6 Å². The quantitative estimate of drug-likeness (QED) is 0.551. The Morgan fingerprint density at radius 3 is 2.45 bits per heavy atom. The fraction of sp³-hybridized carbons (Fsp3) is 0.421. The lowest BCUT2D eigenvalue weighted by atomic mass is 9.95. The SMILES string of the molecule is Cc1csc(NC(=O)C2CCN(C(C)C(=O)Nc3ccc([N+](=O)[O-])cc3)CC2)n1. The van der Waals surface area contributed by atoms with Gasteiger partial charge in [0, 0.05) is 29.1 Å². The van der Waals surface area contributed by atoms with E-state index in [9.17, 15) is 19.7 Å². The van der Waals surface area contributed by atoms with Crippen LogP contribution in [0, 0.1) is 23.0 Å². The molecule has 0 bridgehead atoms. The number of benzene rings is 1. The van der Waals surface area contributed by atoms with Crippen LogP contribution in [0.3, 0.4) is 0 Å². The molecule has 2 N–H and O–H groups in total. The second-order valence-electron chi connectivity index (χ2n) is 7.06. The number of anilines is 2. The van der Waals surface area contributed by atoms with Crippen molar-refractivity contribution in [1.29, 1.82) is 0 Å². The largest absolute Gasteiger partial charge is 0.325 e. The maximum atomic E-state index is 12.5. The van der Waals surface area contributed by atoms with Gasteiger partial charge in [-0.3, -0.25) is 24.6 Å². The fourth-order valence-electron chi connectivity index (χ4n) is 3.25. The molecule has 0 saturated carbocycles. The van der Waals surface area contributed by atoms with Crippen molar-refractivity contribution in [2.24, 2.45) is 5.92 Å². The lowest BCUT2D eigenvalue weighted by Crippen LogP contribution is -2.47. The van der Waals surface area contributed by atoms with Gasteiger partial charge in [-0.1, -0.05) is 0 Å². The van der Waals surface area contributed by atoms with Gasteiger partial charge in [-0.15, -0.1) is 11.3 Å². The summed E-state index contributed by atoms with van der Waals surface area (Å²) in [4.78, 5) is 41.4. The molecule has 2 heterocycles. The lowest BCUT2D eigenvalue weighted by Gasteiger charge is -2.34. The number of non-ortho nitro benzene ring substituents is 1. The van der Waals surface area contributed by atoms with Crippen LogP contribution < -0.4 is 10.6 Å². The van der Waals surface area contributed by atoms with E-state index in [2.05, 4.69) is 15.6 Å². The molecule has 1 atom stereocenters. The number of aryl methyl sites for hydroxylation is 1. The Bertz CT molecular complexity index is 890. The summed E-state index contributed by atoms with van der Waals surface area (Å²) in [7, 11) is 0.